The molecule has 102 valence electrons. The quantitative estimate of drug-likeness (QED) is 0.911. The molecule has 1 unspecified atom stereocenters. The van der Waals surface area contributed by atoms with Crippen molar-refractivity contribution in [3.63, 3.8) is 0 Å². The molecule has 2 rings (SSSR count). The van der Waals surface area contributed by atoms with Crippen LogP contribution in [-0.4, -0.2) is 23.1 Å². The Morgan fingerprint density at radius 1 is 1.42 bits per heavy atom. The lowest BCUT2D eigenvalue weighted by atomic mass is 10.1. The first kappa shape index (κ1) is 14.0. The number of hydrogen-bond donors (Lipinski definition) is 1. The average Bonchev–Trinajstić information content (AvgIpc) is 2.75. The number of nitrogens with zero attached hydrogens (tertiary/aromatic N) is 3. The molecule has 0 saturated carbocycles. The second-order valence-electron chi connectivity index (χ2n) is 4.88. The number of aryl methyl sites for hydroxylation is 1. The van der Waals surface area contributed by atoms with Crippen molar-refractivity contribution in [1.29, 1.82) is 0 Å². The van der Waals surface area contributed by atoms with E-state index in [0.717, 1.165) is 24.5 Å². The molecule has 0 spiro atoms. The maximum absolute atomic E-state index is 5.90. The summed E-state index contributed by atoms with van der Waals surface area (Å²) in [6.45, 7) is 4.89. The van der Waals surface area contributed by atoms with E-state index in [-0.39, 0.29) is 6.04 Å². The summed E-state index contributed by atoms with van der Waals surface area (Å²) in [6, 6.07) is 4.20. The van der Waals surface area contributed by atoms with Crippen LogP contribution in [0.5, 0.6) is 0 Å². The molecule has 0 aliphatic carbocycles. The minimum absolute atomic E-state index is 0.140. The Labute approximate surface area is 118 Å². The monoisotopic (exact) mass is 276 g/mol. The Bertz CT molecular complexity index is 536. The Morgan fingerprint density at radius 3 is 2.84 bits per heavy atom. The lowest BCUT2D eigenvalue weighted by molar-refractivity contribution is 0.730. The SMILES string of the molecule is Cc1ncsc1CN(C)c1ncccc1CC(C)N. The Kier molecular flexibility index (Phi) is 4.50. The van der Waals surface area contributed by atoms with Crippen LogP contribution in [0.4, 0.5) is 5.82 Å². The Hall–Kier alpha value is -1.46. The minimum atomic E-state index is 0.140. The van der Waals surface area contributed by atoms with Crippen molar-refractivity contribution < 1.29 is 0 Å². The number of aromatic nitrogens is 2. The summed E-state index contributed by atoms with van der Waals surface area (Å²) in [6.07, 6.45) is 2.67. The van der Waals surface area contributed by atoms with Crippen LogP contribution in [0.2, 0.25) is 0 Å². The summed E-state index contributed by atoms with van der Waals surface area (Å²) >= 11 is 1.69. The topological polar surface area (TPSA) is 55.0 Å². The molecule has 0 aromatic carbocycles. The summed E-state index contributed by atoms with van der Waals surface area (Å²) in [5.41, 5.74) is 10.1. The highest BCUT2D eigenvalue weighted by molar-refractivity contribution is 7.09. The highest BCUT2D eigenvalue weighted by atomic mass is 32.1. The first-order valence-electron chi connectivity index (χ1n) is 6.37. The van der Waals surface area contributed by atoms with E-state index >= 15 is 0 Å². The zero-order valence-corrected chi connectivity index (χ0v) is 12.4. The molecule has 0 saturated heterocycles. The largest absolute Gasteiger partial charge is 0.354 e. The lowest BCUT2D eigenvalue weighted by Gasteiger charge is -2.21. The van der Waals surface area contributed by atoms with E-state index in [0.29, 0.717) is 0 Å². The summed E-state index contributed by atoms with van der Waals surface area (Å²) in [7, 11) is 2.06. The van der Waals surface area contributed by atoms with Crippen molar-refractivity contribution in [2.45, 2.75) is 32.9 Å². The predicted molar refractivity (Wildman–Crippen MR) is 80.5 cm³/mol. The van der Waals surface area contributed by atoms with Crippen molar-refractivity contribution in [3.05, 3.63) is 40.0 Å². The van der Waals surface area contributed by atoms with E-state index in [1.54, 1.807) is 11.3 Å². The summed E-state index contributed by atoms with van der Waals surface area (Å²) < 4.78 is 0. The van der Waals surface area contributed by atoms with Gasteiger partial charge in [-0.3, -0.25) is 0 Å². The molecule has 4 nitrogen and oxygen atoms in total. The van der Waals surface area contributed by atoms with Gasteiger partial charge in [-0.2, -0.15) is 0 Å². The molecule has 0 bridgehead atoms. The van der Waals surface area contributed by atoms with Gasteiger partial charge in [0.25, 0.3) is 0 Å². The standard InChI is InChI=1S/C14H20N4S/c1-10(15)7-12-5-4-6-16-14(12)18(3)8-13-11(2)17-9-19-13/h4-6,9-10H,7-8,15H2,1-3H3. The zero-order chi connectivity index (χ0) is 13.8. The minimum Gasteiger partial charge on any atom is -0.354 e. The molecule has 2 N–H and O–H groups in total. The van der Waals surface area contributed by atoms with Crippen molar-refractivity contribution in [2.24, 2.45) is 5.73 Å². The van der Waals surface area contributed by atoms with Crippen molar-refractivity contribution in [1.82, 2.24) is 9.97 Å². The van der Waals surface area contributed by atoms with Crippen molar-refractivity contribution in [2.75, 3.05) is 11.9 Å². The summed E-state index contributed by atoms with van der Waals surface area (Å²) in [5.74, 6) is 1.01. The fraction of sp³-hybridized carbons (Fsp3) is 0.429. The van der Waals surface area contributed by atoms with Crippen LogP contribution in [0.25, 0.3) is 0 Å². The van der Waals surface area contributed by atoms with E-state index in [2.05, 4.69) is 28.0 Å². The van der Waals surface area contributed by atoms with Crippen LogP contribution < -0.4 is 10.6 Å². The van der Waals surface area contributed by atoms with Gasteiger partial charge >= 0.3 is 0 Å². The average molecular weight is 276 g/mol. The summed E-state index contributed by atoms with van der Waals surface area (Å²) in [4.78, 5) is 12.2. The molecule has 0 radical (unpaired) electrons. The third-order valence-corrected chi connectivity index (χ3v) is 3.92. The van der Waals surface area contributed by atoms with E-state index in [9.17, 15) is 0 Å². The van der Waals surface area contributed by atoms with Gasteiger partial charge in [-0.05, 0) is 31.9 Å². The van der Waals surface area contributed by atoms with Gasteiger partial charge in [0.15, 0.2) is 0 Å². The first-order valence-corrected chi connectivity index (χ1v) is 7.25. The number of anilines is 1. The highest BCUT2D eigenvalue weighted by Gasteiger charge is 2.12. The van der Waals surface area contributed by atoms with Gasteiger partial charge in [0.05, 0.1) is 17.7 Å². The molecule has 0 aliphatic heterocycles. The highest BCUT2D eigenvalue weighted by Crippen LogP contribution is 2.21. The number of nitrogens with two attached hydrogens (primary N) is 1. The third-order valence-electron chi connectivity index (χ3n) is 3.00. The smallest absolute Gasteiger partial charge is 0.131 e. The molecule has 2 aromatic rings. The Morgan fingerprint density at radius 2 is 2.21 bits per heavy atom. The molecule has 0 amide bonds. The second-order valence-corrected chi connectivity index (χ2v) is 5.82. The molecule has 19 heavy (non-hydrogen) atoms. The number of rotatable bonds is 5. The fourth-order valence-corrected chi connectivity index (χ4v) is 2.88. The van der Waals surface area contributed by atoms with Gasteiger partial charge in [-0.1, -0.05) is 6.07 Å². The maximum atomic E-state index is 5.90. The maximum Gasteiger partial charge on any atom is 0.131 e. The van der Waals surface area contributed by atoms with Gasteiger partial charge in [0.1, 0.15) is 5.82 Å². The summed E-state index contributed by atoms with van der Waals surface area (Å²) in [5, 5.41) is 0. The van der Waals surface area contributed by atoms with Crippen LogP contribution in [0, 0.1) is 6.92 Å². The predicted octanol–water partition coefficient (Wildman–Crippen LogP) is 2.37. The molecular formula is C14H20N4S. The first-order chi connectivity index (χ1) is 9.08. The van der Waals surface area contributed by atoms with E-state index in [1.807, 2.05) is 31.6 Å². The number of hydrogen-bond acceptors (Lipinski definition) is 5. The normalized spacial score (nSPS) is 12.4. The number of thiazole rings is 1. The van der Waals surface area contributed by atoms with Crippen LogP contribution >= 0.6 is 11.3 Å². The third kappa shape index (κ3) is 3.52. The van der Waals surface area contributed by atoms with E-state index < -0.39 is 0 Å². The van der Waals surface area contributed by atoms with E-state index in [1.165, 1.54) is 10.4 Å². The fourth-order valence-electron chi connectivity index (χ4n) is 2.05. The molecule has 1 atom stereocenters. The number of pyridine rings is 1. The van der Waals surface area contributed by atoms with Crippen LogP contribution in [0.1, 0.15) is 23.1 Å². The van der Waals surface area contributed by atoms with Crippen molar-refractivity contribution in [3.8, 4) is 0 Å². The zero-order valence-electron chi connectivity index (χ0n) is 11.6. The molecule has 5 heteroatoms. The molecular weight excluding hydrogens is 256 g/mol. The van der Waals surface area contributed by atoms with Gasteiger partial charge < -0.3 is 10.6 Å². The molecule has 0 aliphatic rings. The molecule has 2 aromatic heterocycles. The van der Waals surface area contributed by atoms with Gasteiger partial charge in [0, 0.05) is 24.2 Å². The van der Waals surface area contributed by atoms with Crippen LogP contribution in [0.15, 0.2) is 23.8 Å². The van der Waals surface area contributed by atoms with Crippen LogP contribution in [-0.2, 0) is 13.0 Å². The second kappa shape index (κ2) is 6.12. The van der Waals surface area contributed by atoms with E-state index in [4.69, 9.17) is 5.73 Å². The van der Waals surface area contributed by atoms with Gasteiger partial charge in [-0.15, -0.1) is 11.3 Å². The molecule has 0 fully saturated rings. The lowest BCUT2D eigenvalue weighted by Crippen LogP contribution is -2.23. The Balaban J connectivity index is 2.19. The van der Waals surface area contributed by atoms with Gasteiger partial charge in [-0.25, -0.2) is 9.97 Å². The molecule has 2 heterocycles. The van der Waals surface area contributed by atoms with Crippen LogP contribution in [0.3, 0.4) is 0 Å². The van der Waals surface area contributed by atoms with Crippen molar-refractivity contribution >= 4 is 17.2 Å². The van der Waals surface area contributed by atoms with Gasteiger partial charge in [0.2, 0.25) is 0 Å².